The molecule has 42 heavy (non-hydrogen) atoms. The van der Waals surface area contributed by atoms with E-state index in [0.717, 1.165) is 10.9 Å². The second-order valence-electron chi connectivity index (χ2n) is 10.4. The summed E-state index contributed by atoms with van der Waals surface area (Å²) in [5.74, 6) is -1.88. The summed E-state index contributed by atoms with van der Waals surface area (Å²) >= 11 is 0. The van der Waals surface area contributed by atoms with Gasteiger partial charge in [0.1, 0.15) is 5.82 Å². The zero-order chi connectivity index (χ0) is 29.2. The first-order valence-corrected chi connectivity index (χ1v) is 13.4. The van der Waals surface area contributed by atoms with Crippen molar-refractivity contribution in [1.29, 1.82) is 0 Å². The number of aromatic amines is 2. The number of nitrogens with one attached hydrogen (secondary N) is 2. The van der Waals surface area contributed by atoms with Crippen LogP contribution in [0.4, 0.5) is 13.2 Å². The van der Waals surface area contributed by atoms with Crippen molar-refractivity contribution in [2.75, 3.05) is 0 Å². The van der Waals surface area contributed by atoms with Gasteiger partial charge in [-0.1, -0.05) is 79.7 Å². The van der Waals surface area contributed by atoms with Gasteiger partial charge in [-0.15, -0.1) is 0 Å². The van der Waals surface area contributed by atoms with E-state index in [1.54, 1.807) is 42.5 Å². The number of H-pyrrole nitrogens is 2. The molecule has 7 rings (SSSR count). The van der Waals surface area contributed by atoms with Crippen molar-refractivity contribution in [3.8, 4) is 17.1 Å². The van der Waals surface area contributed by atoms with Gasteiger partial charge in [-0.05, 0) is 47.0 Å². The number of hydrogen-bond acceptors (Lipinski definition) is 3. The summed E-state index contributed by atoms with van der Waals surface area (Å²) in [6, 6.07) is 28.9. The summed E-state index contributed by atoms with van der Waals surface area (Å²) in [6.45, 7) is 1.37. The number of nitrogens with zero attached hydrogens (tertiary/aromatic N) is 1. The highest BCUT2D eigenvalue weighted by molar-refractivity contribution is 5.92. The van der Waals surface area contributed by atoms with Crippen molar-refractivity contribution < 1.29 is 22.7 Å². The maximum absolute atomic E-state index is 15.2. The minimum Gasteiger partial charge on any atom is -0.407 e. The van der Waals surface area contributed by atoms with E-state index in [1.165, 1.54) is 29.7 Å². The Bertz CT molecular complexity index is 2120. The highest BCUT2D eigenvalue weighted by Crippen LogP contribution is 2.52. The van der Waals surface area contributed by atoms with Crippen LogP contribution in [-0.4, -0.2) is 25.8 Å². The summed E-state index contributed by atoms with van der Waals surface area (Å²) < 4.78 is 52.1. The van der Waals surface area contributed by atoms with E-state index in [9.17, 15) is 9.90 Å². The Hall–Kier alpha value is -5.02. The average molecular weight is 568 g/mol. The number of halogens is 3. The first-order valence-electron chi connectivity index (χ1n) is 13.4. The van der Waals surface area contributed by atoms with Crippen LogP contribution in [0, 0.1) is 0 Å². The van der Waals surface area contributed by atoms with Gasteiger partial charge in [-0.3, -0.25) is 0 Å². The van der Waals surface area contributed by atoms with E-state index in [0.29, 0.717) is 33.5 Å². The van der Waals surface area contributed by atoms with E-state index in [2.05, 4.69) is 9.97 Å². The smallest absolute Gasteiger partial charge is 0.407 e. The topological polar surface area (TPSA) is 86.9 Å². The number of hydrogen-bond donors (Lipinski definition) is 3. The third-order valence-electron chi connectivity index (χ3n) is 8.08. The lowest BCUT2D eigenvalue weighted by molar-refractivity contribution is -0.274. The normalized spacial score (nSPS) is 14.5. The number of benzene rings is 4. The Morgan fingerprint density at radius 2 is 1.52 bits per heavy atom. The molecule has 3 heterocycles. The fourth-order valence-electron chi connectivity index (χ4n) is 5.97. The Labute approximate surface area is 236 Å². The molecule has 2 atom stereocenters. The zero-order valence-corrected chi connectivity index (χ0v) is 22.2. The van der Waals surface area contributed by atoms with Gasteiger partial charge in [0.05, 0.1) is 11.2 Å². The van der Waals surface area contributed by atoms with Gasteiger partial charge >= 0.3 is 11.9 Å². The van der Waals surface area contributed by atoms with Crippen LogP contribution in [0.3, 0.4) is 0 Å². The highest BCUT2D eigenvalue weighted by atomic mass is 19.4. The maximum atomic E-state index is 15.2. The summed E-state index contributed by atoms with van der Waals surface area (Å²) in [6.07, 6.45) is -5.08. The number of aliphatic hydroxyl groups is 1. The SMILES string of the molecule is CC(c1c(-c2ccccc2)[nH]c2ccccc12)C(O)(c1ccc2oc(=O)n(-c3cc4ccccc4[nH]3)c2c1)C(F)(F)F. The van der Waals surface area contributed by atoms with Crippen LogP contribution in [0.2, 0.25) is 0 Å². The predicted molar refractivity (Wildman–Crippen MR) is 156 cm³/mol. The lowest BCUT2D eigenvalue weighted by atomic mass is 9.76. The van der Waals surface area contributed by atoms with Crippen molar-refractivity contribution in [2.45, 2.75) is 24.6 Å². The Morgan fingerprint density at radius 3 is 2.26 bits per heavy atom. The molecule has 7 aromatic rings. The third kappa shape index (κ3) is 3.81. The van der Waals surface area contributed by atoms with Crippen LogP contribution < -0.4 is 5.76 Å². The molecular formula is C33H24F3N3O3. The Kier molecular flexibility index (Phi) is 5.71. The van der Waals surface area contributed by atoms with E-state index >= 15 is 13.2 Å². The summed E-state index contributed by atoms with van der Waals surface area (Å²) in [4.78, 5) is 19.3. The van der Waals surface area contributed by atoms with Gasteiger partial charge in [0, 0.05) is 27.7 Å². The number of rotatable bonds is 5. The molecule has 3 aromatic heterocycles. The second-order valence-corrected chi connectivity index (χ2v) is 10.4. The minimum atomic E-state index is -5.08. The summed E-state index contributed by atoms with van der Waals surface area (Å²) in [5.41, 5.74) is -0.628. The molecule has 0 spiro atoms. The monoisotopic (exact) mass is 567 g/mol. The molecule has 0 bridgehead atoms. The summed E-state index contributed by atoms with van der Waals surface area (Å²) in [5, 5.41) is 13.3. The standard InChI is InChI=1S/C33H24F3N3O3/c1-19(29-23-12-6-8-14-25(23)38-30(29)20-9-3-2-4-10-20)32(41,33(34,35)36)22-15-16-27-26(18-22)39(31(40)42-27)28-17-21-11-5-7-13-24(21)37-28/h2-19,37-38,41H,1H3. The summed E-state index contributed by atoms with van der Waals surface area (Å²) in [7, 11) is 0. The van der Waals surface area contributed by atoms with Crippen LogP contribution >= 0.6 is 0 Å². The fourth-order valence-corrected chi connectivity index (χ4v) is 5.97. The number of aromatic nitrogens is 3. The molecule has 0 aliphatic carbocycles. The first kappa shape index (κ1) is 25.9. The zero-order valence-electron chi connectivity index (χ0n) is 22.2. The maximum Gasteiger partial charge on any atom is 0.425 e. The van der Waals surface area contributed by atoms with Crippen molar-refractivity contribution in [1.82, 2.24) is 14.5 Å². The van der Waals surface area contributed by atoms with E-state index in [4.69, 9.17) is 4.42 Å². The first-order chi connectivity index (χ1) is 20.2. The van der Waals surface area contributed by atoms with Crippen molar-refractivity contribution in [2.24, 2.45) is 0 Å². The quantitative estimate of drug-likeness (QED) is 0.199. The predicted octanol–water partition coefficient (Wildman–Crippen LogP) is 7.77. The number of fused-ring (bicyclic) bond motifs is 3. The molecule has 0 radical (unpaired) electrons. The Balaban J connectivity index is 1.45. The molecule has 0 saturated heterocycles. The Morgan fingerprint density at radius 1 is 0.833 bits per heavy atom. The average Bonchev–Trinajstić information content (AvgIpc) is 3.67. The number of alkyl halides is 3. The lowest BCUT2D eigenvalue weighted by Crippen LogP contribution is -2.46. The molecule has 4 aromatic carbocycles. The molecule has 0 aliphatic rings. The molecule has 6 nitrogen and oxygen atoms in total. The van der Waals surface area contributed by atoms with Crippen molar-refractivity contribution in [3.63, 3.8) is 0 Å². The van der Waals surface area contributed by atoms with E-state index in [-0.39, 0.29) is 11.1 Å². The molecule has 0 fully saturated rings. The molecule has 0 saturated carbocycles. The molecular weight excluding hydrogens is 543 g/mol. The van der Waals surface area contributed by atoms with Gasteiger partial charge in [-0.2, -0.15) is 13.2 Å². The molecule has 210 valence electrons. The van der Waals surface area contributed by atoms with Crippen LogP contribution in [0.1, 0.15) is 24.0 Å². The molecule has 0 aliphatic heterocycles. The van der Waals surface area contributed by atoms with Crippen LogP contribution in [0.5, 0.6) is 0 Å². The largest absolute Gasteiger partial charge is 0.425 e. The minimum absolute atomic E-state index is 0.0941. The lowest BCUT2D eigenvalue weighted by Gasteiger charge is -2.37. The van der Waals surface area contributed by atoms with E-state index < -0.39 is 29.0 Å². The van der Waals surface area contributed by atoms with Crippen LogP contribution in [0.15, 0.2) is 112 Å². The van der Waals surface area contributed by atoms with Crippen LogP contribution in [0.25, 0.3) is 50.0 Å². The molecule has 0 amide bonds. The van der Waals surface area contributed by atoms with Gasteiger partial charge in [-0.25, -0.2) is 9.36 Å². The highest BCUT2D eigenvalue weighted by Gasteiger charge is 2.59. The second kappa shape index (κ2) is 9.25. The van der Waals surface area contributed by atoms with Gasteiger partial charge in [0.2, 0.25) is 0 Å². The molecule has 9 heteroatoms. The number of para-hydroxylation sites is 2. The number of oxazole rings is 1. The molecule has 3 N–H and O–H groups in total. The van der Waals surface area contributed by atoms with Crippen molar-refractivity contribution >= 4 is 32.9 Å². The van der Waals surface area contributed by atoms with Gasteiger partial charge in [0.25, 0.3) is 0 Å². The van der Waals surface area contributed by atoms with Crippen molar-refractivity contribution in [3.05, 3.63) is 125 Å². The molecule has 2 unspecified atom stereocenters. The van der Waals surface area contributed by atoms with Gasteiger partial charge < -0.3 is 19.5 Å². The van der Waals surface area contributed by atoms with E-state index in [1.807, 2.05) is 42.5 Å². The van der Waals surface area contributed by atoms with Crippen LogP contribution in [-0.2, 0) is 5.60 Å². The fraction of sp³-hybridized carbons (Fsp3) is 0.121. The van der Waals surface area contributed by atoms with Gasteiger partial charge in [0.15, 0.2) is 11.2 Å². The third-order valence-corrected chi connectivity index (χ3v) is 8.08.